The quantitative estimate of drug-likeness (QED) is 0.394. The van der Waals surface area contributed by atoms with Crippen LogP contribution in [0.4, 0.5) is 8.78 Å². The van der Waals surface area contributed by atoms with Gasteiger partial charge >= 0.3 is 0 Å². The lowest BCUT2D eigenvalue weighted by atomic mass is 9.90. The number of fused-ring (bicyclic) bond motifs is 2. The van der Waals surface area contributed by atoms with Gasteiger partial charge in [0.15, 0.2) is 0 Å². The molecular formula is C27H27F2N3. The normalized spacial score (nSPS) is 16.4. The van der Waals surface area contributed by atoms with Crippen molar-refractivity contribution in [3.63, 3.8) is 0 Å². The van der Waals surface area contributed by atoms with Gasteiger partial charge in [0.2, 0.25) is 0 Å². The standard InChI is InChI=1S/C27H27F2N3/c28-24-5-1-19(2-6-24)14-26-16-23-15-25(29)7-4-22(23)18-32(26)12-11-30-17-20-3-8-27-21(13-20)9-10-31-27/h1-10,13,15,26,30-31H,11-12,14,16-18H2. The van der Waals surface area contributed by atoms with Crippen molar-refractivity contribution in [1.82, 2.24) is 15.2 Å². The van der Waals surface area contributed by atoms with E-state index in [2.05, 4.69) is 39.5 Å². The van der Waals surface area contributed by atoms with Crippen LogP contribution in [0, 0.1) is 11.6 Å². The average Bonchev–Trinajstić information content (AvgIpc) is 3.26. The molecule has 32 heavy (non-hydrogen) atoms. The van der Waals surface area contributed by atoms with Crippen LogP contribution >= 0.6 is 0 Å². The zero-order valence-electron chi connectivity index (χ0n) is 18.0. The topological polar surface area (TPSA) is 31.1 Å². The maximum atomic E-state index is 13.8. The van der Waals surface area contributed by atoms with E-state index in [9.17, 15) is 8.78 Å². The van der Waals surface area contributed by atoms with Gasteiger partial charge in [0.25, 0.3) is 0 Å². The van der Waals surface area contributed by atoms with Gasteiger partial charge in [-0.1, -0.05) is 24.3 Å². The van der Waals surface area contributed by atoms with Gasteiger partial charge in [-0.25, -0.2) is 8.78 Å². The van der Waals surface area contributed by atoms with Crippen LogP contribution in [-0.2, 0) is 25.9 Å². The van der Waals surface area contributed by atoms with Crippen LogP contribution in [0.25, 0.3) is 10.9 Å². The van der Waals surface area contributed by atoms with Crippen molar-refractivity contribution >= 4 is 10.9 Å². The first kappa shape index (κ1) is 20.9. The van der Waals surface area contributed by atoms with Gasteiger partial charge in [-0.05, 0) is 82.9 Å². The van der Waals surface area contributed by atoms with E-state index in [-0.39, 0.29) is 17.7 Å². The fraction of sp³-hybridized carbons (Fsp3) is 0.259. The van der Waals surface area contributed by atoms with Gasteiger partial charge in [-0.2, -0.15) is 0 Å². The van der Waals surface area contributed by atoms with Crippen molar-refractivity contribution in [2.75, 3.05) is 13.1 Å². The van der Waals surface area contributed by atoms with E-state index in [0.29, 0.717) is 0 Å². The molecular weight excluding hydrogens is 404 g/mol. The molecule has 2 N–H and O–H groups in total. The second-order valence-corrected chi connectivity index (χ2v) is 8.65. The molecule has 0 aliphatic carbocycles. The fourth-order valence-corrected chi connectivity index (χ4v) is 4.69. The molecule has 1 unspecified atom stereocenters. The van der Waals surface area contributed by atoms with E-state index in [1.165, 1.54) is 28.6 Å². The summed E-state index contributed by atoms with van der Waals surface area (Å²) in [6.07, 6.45) is 3.58. The zero-order valence-corrected chi connectivity index (χ0v) is 18.0. The Balaban J connectivity index is 1.24. The van der Waals surface area contributed by atoms with Crippen molar-refractivity contribution in [2.45, 2.75) is 32.0 Å². The van der Waals surface area contributed by atoms with Crippen molar-refractivity contribution in [3.05, 3.63) is 107 Å². The van der Waals surface area contributed by atoms with E-state index in [1.54, 1.807) is 12.1 Å². The molecule has 5 rings (SSSR count). The average molecular weight is 432 g/mol. The van der Waals surface area contributed by atoms with Crippen molar-refractivity contribution in [1.29, 1.82) is 0 Å². The Kier molecular flexibility index (Phi) is 6.02. The van der Waals surface area contributed by atoms with Gasteiger partial charge in [-0.3, -0.25) is 4.90 Å². The lowest BCUT2D eigenvalue weighted by Crippen LogP contribution is -2.44. The number of hydrogen-bond acceptors (Lipinski definition) is 2. The molecule has 0 amide bonds. The van der Waals surface area contributed by atoms with E-state index < -0.39 is 0 Å². The SMILES string of the molecule is Fc1ccc(CC2Cc3cc(F)ccc3CN2CCNCc2ccc3[nH]ccc3c2)cc1. The highest BCUT2D eigenvalue weighted by Crippen LogP contribution is 2.26. The Labute approximate surface area is 187 Å². The molecule has 0 saturated carbocycles. The van der Waals surface area contributed by atoms with Gasteiger partial charge in [0.05, 0.1) is 0 Å². The van der Waals surface area contributed by atoms with Crippen LogP contribution in [0.1, 0.15) is 22.3 Å². The molecule has 1 aromatic heterocycles. The van der Waals surface area contributed by atoms with Crippen LogP contribution in [0.2, 0.25) is 0 Å². The number of rotatable bonds is 7. The monoisotopic (exact) mass is 431 g/mol. The summed E-state index contributed by atoms with van der Waals surface area (Å²) in [4.78, 5) is 5.69. The zero-order chi connectivity index (χ0) is 21.9. The molecule has 1 atom stereocenters. The summed E-state index contributed by atoms with van der Waals surface area (Å²) in [5.41, 5.74) is 5.80. The first-order valence-corrected chi connectivity index (χ1v) is 11.2. The molecule has 3 aromatic carbocycles. The Morgan fingerprint density at radius 2 is 1.69 bits per heavy atom. The van der Waals surface area contributed by atoms with Gasteiger partial charge in [0.1, 0.15) is 11.6 Å². The number of benzene rings is 3. The predicted octanol–water partition coefficient (Wildman–Crippen LogP) is 5.21. The number of halogens is 2. The second kappa shape index (κ2) is 9.23. The fourth-order valence-electron chi connectivity index (χ4n) is 4.69. The van der Waals surface area contributed by atoms with Crippen molar-refractivity contribution in [2.24, 2.45) is 0 Å². The summed E-state index contributed by atoms with van der Waals surface area (Å²) >= 11 is 0. The summed E-state index contributed by atoms with van der Waals surface area (Å²) in [5, 5.41) is 4.79. The van der Waals surface area contributed by atoms with Gasteiger partial charge in [0, 0.05) is 43.9 Å². The van der Waals surface area contributed by atoms with Crippen molar-refractivity contribution < 1.29 is 8.78 Å². The number of H-pyrrole nitrogens is 1. The van der Waals surface area contributed by atoms with Crippen LogP contribution < -0.4 is 5.32 Å². The summed E-state index contributed by atoms with van der Waals surface area (Å²) in [6, 6.07) is 20.7. The highest BCUT2D eigenvalue weighted by molar-refractivity contribution is 5.79. The minimum atomic E-state index is -0.219. The molecule has 3 nitrogen and oxygen atoms in total. The molecule has 0 radical (unpaired) electrons. The molecule has 4 aromatic rings. The number of nitrogens with zero attached hydrogens (tertiary/aromatic N) is 1. The molecule has 0 fully saturated rings. The molecule has 0 spiro atoms. The Hall–Kier alpha value is -3.02. The van der Waals surface area contributed by atoms with Crippen LogP contribution in [0.5, 0.6) is 0 Å². The Morgan fingerprint density at radius 3 is 2.56 bits per heavy atom. The van der Waals surface area contributed by atoms with E-state index in [1.807, 2.05) is 24.4 Å². The largest absolute Gasteiger partial charge is 0.361 e. The Morgan fingerprint density at radius 1 is 0.875 bits per heavy atom. The number of hydrogen-bond donors (Lipinski definition) is 2. The minimum absolute atomic E-state index is 0.182. The highest BCUT2D eigenvalue weighted by atomic mass is 19.1. The van der Waals surface area contributed by atoms with Crippen LogP contribution in [0.3, 0.4) is 0 Å². The van der Waals surface area contributed by atoms with E-state index >= 15 is 0 Å². The molecule has 0 saturated heterocycles. The predicted molar refractivity (Wildman–Crippen MR) is 124 cm³/mol. The minimum Gasteiger partial charge on any atom is -0.361 e. The molecule has 2 heterocycles. The molecule has 1 aliphatic rings. The Bertz CT molecular complexity index is 1200. The summed E-state index contributed by atoms with van der Waals surface area (Å²) < 4.78 is 27.1. The third-order valence-electron chi connectivity index (χ3n) is 6.42. The van der Waals surface area contributed by atoms with E-state index in [4.69, 9.17) is 0 Å². The number of aromatic nitrogens is 1. The summed E-state index contributed by atoms with van der Waals surface area (Å²) in [5.74, 6) is -0.400. The lowest BCUT2D eigenvalue weighted by Gasteiger charge is -2.37. The van der Waals surface area contributed by atoms with Crippen LogP contribution in [-0.4, -0.2) is 29.0 Å². The molecule has 1 aliphatic heterocycles. The van der Waals surface area contributed by atoms with Gasteiger partial charge < -0.3 is 10.3 Å². The number of aromatic amines is 1. The third-order valence-corrected chi connectivity index (χ3v) is 6.42. The van der Waals surface area contributed by atoms with E-state index in [0.717, 1.165) is 55.7 Å². The molecule has 0 bridgehead atoms. The van der Waals surface area contributed by atoms with Crippen LogP contribution in [0.15, 0.2) is 72.9 Å². The first-order chi connectivity index (χ1) is 15.6. The summed E-state index contributed by atoms with van der Waals surface area (Å²) in [6.45, 7) is 3.38. The van der Waals surface area contributed by atoms with Gasteiger partial charge in [-0.15, -0.1) is 0 Å². The molecule has 5 heteroatoms. The van der Waals surface area contributed by atoms with Crippen molar-refractivity contribution in [3.8, 4) is 0 Å². The highest BCUT2D eigenvalue weighted by Gasteiger charge is 2.26. The second-order valence-electron chi connectivity index (χ2n) is 8.65. The smallest absolute Gasteiger partial charge is 0.123 e. The maximum absolute atomic E-state index is 13.8. The number of nitrogens with one attached hydrogen (secondary N) is 2. The third kappa shape index (κ3) is 4.74. The first-order valence-electron chi connectivity index (χ1n) is 11.2. The maximum Gasteiger partial charge on any atom is 0.123 e. The lowest BCUT2D eigenvalue weighted by molar-refractivity contribution is 0.170. The molecule has 164 valence electrons. The summed E-state index contributed by atoms with van der Waals surface area (Å²) in [7, 11) is 0.